The van der Waals surface area contributed by atoms with Crippen LogP contribution < -0.4 is 10.6 Å². The second-order valence-corrected chi connectivity index (χ2v) is 8.25. The van der Waals surface area contributed by atoms with Crippen LogP contribution >= 0.6 is 0 Å². The Labute approximate surface area is 176 Å². The van der Waals surface area contributed by atoms with Crippen molar-refractivity contribution in [2.45, 2.75) is 39.0 Å². The second kappa shape index (κ2) is 8.49. The van der Waals surface area contributed by atoms with Crippen LogP contribution in [-0.2, 0) is 15.0 Å². The Hall–Kier alpha value is -3.48. The molecule has 1 heterocycles. The summed E-state index contributed by atoms with van der Waals surface area (Å²) in [6, 6.07) is 14.4. The molecule has 156 valence electrons. The quantitative estimate of drug-likeness (QED) is 0.809. The van der Waals surface area contributed by atoms with Gasteiger partial charge in [0.05, 0.1) is 11.4 Å². The van der Waals surface area contributed by atoms with Gasteiger partial charge in [-0.05, 0) is 35.2 Å². The number of nitrogens with zero attached hydrogens (tertiary/aromatic N) is 2. The van der Waals surface area contributed by atoms with E-state index in [1.54, 1.807) is 36.4 Å². The van der Waals surface area contributed by atoms with Gasteiger partial charge in [0.1, 0.15) is 5.71 Å². The minimum Gasteiger partial charge on any atom is -0.320 e. The van der Waals surface area contributed by atoms with Gasteiger partial charge in [0.2, 0.25) is 5.91 Å². The SMILES string of the molecule is CN1N=C(C(=O)Nc2ccccc2NC(=O)c2ccc(C(C)(C)C)cc2)CCC1=O. The lowest BCUT2D eigenvalue weighted by Gasteiger charge is -2.20. The molecule has 7 nitrogen and oxygen atoms in total. The van der Waals surface area contributed by atoms with Crippen LogP contribution in [-0.4, -0.2) is 35.5 Å². The number of rotatable bonds is 4. The van der Waals surface area contributed by atoms with E-state index in [0.717, 1.165) is 5.56 Å². The first-order valence-corrected chi connectivity index (χ1v) is 9.81. The largest absolute Gasteiger partial charge is 0.320 e. The molecule has 0 saturated heterocycles. The fourth-order valence-corrected chi connectivity index (χ4v) is 3.04. The van der Waals surface area contributed by atoms with E-state index in [0.29, 0.717) is 16.9 Å². The number of anilines is 2. The summed E-state index contributed by atoms with van der Waals surface area (Å²) in [7, 11) is 1.52. The maximum Gasteiger partial charge on any atom is 0.271 e. The Balaban J connectivity index is 1.74. The molecule has 7 heteroatoms. The van der Waals surface area contributed by atoms with Crippen molar-refractivity contribution in [2.24, 2.45) is 5.10 Å². The molecule has 0 atom stereocenters. The van der Waals surface area contributed by atoms with Gasteiger partial charge in [0.15, 0.2) is 0 Å². The zero-order valence-electron chi connectivity index (χ0n) is 17.7. The molecule has 1 aliphatic rings. The van der Waals surface area contributed by atoms with E-state index in [4.69, 9.17) is 0 Å². The van der Waals surface area contributed by atoms with Crippen LogP contribution in [0.1, 0.15) is 49.5 Å². The van der Waals surface area contributed by atoms with E-state index in [2.05, 4.69) is 36.5 Å². The molecular weight excluding hydrogens is 380 g/mol. The van der Waals surface area contributed by atoms with Crippen molar-refractivity contribution in [1.82, 2.24) is 5.01 Å². The van der Waals surface area contributed by atoms with Crippen LogP contribution in [0, 0.1) is 0 Å². The predicted octanol–water partition coefficient (Wildman–Crippen LogP) is 3.78. The van der Waals surface area contributed by atoms with Crippen molar-refractivity contribution in [3.05, 3.63) is 59.7 Å². The molecule has 0 spiro atoms. The Kier molecular flexibility index (Phi) is 6.01. The van der Waals surface area contributed by atoms with Gasteiger partial charge in [0, 0.05) is 25.5 Å². The van der Waals surface area contributed by atoms with Crippen LogP contribution in [0.25, 0.3) is 0 Å². The first-order chi connectivity index (χ1) is 14.1. The van der Waals surface area contributed by atoms with Crippen molar-refractivity contribution in [3.63, 3.8) is 0 Å². The van der Waals surface area contributed by atoms with Crippen molar-refractivity contribution >= 4 is 34.8 Å². The molecule has 2 aromatic carbocycles. The molecule has 0 bridgehead atoms. The molecule has 0 fully saturated rings. The number of hydrogen-bond donors (Lipinski definition) is 2. The smallest absolute Gasteiger partial charge is 0.271 e. The first-order valence-electron chi connectivity index (χ1n) is 9.81. The molecule has 0 saturated carbocycles. The summed E-state index contributed by atoms with van der Waals surface area (Å²) >= 11 is 0. The Bertz CT molecular complexity index is 1000. The fourth-order valence-electron chi connectivity index (χ4n) is 3.04. The maximum absolute atomic E-state index is 12.7. The van der Waals surface area contributed by atoms with E-state index in [9.17, 15) is 14.4 Å². The van der Waals surface area contributed by atoms with E-state index >= 15 is 0 Å². The van der Waals surface area contributed by atoms with Crippen LogP contribution in [0.2, 0.25) is 0 Å². The highest BCUT2D eigenvalue weighted by molar-refractivity contribution is 6.43. The Morgan fingerprint density at radius 2 is 1.47 bits per heavy atom. The van der Waals surface area contributed by atoms with Crippen molar-refractivity contribution in [3.8, 4) is 0 Å². The van der Waals surface area contributed by atoms with E-state index < -0.39 is 5.91 Å². The normalized spacial score (nSPS) is 14.2. The summed E-state index contributed by atoms with van der Waals surface area (Å²) in [6.07, 6.45) is 0.523. The van der Waals surface area contributed by atoms with Gasteiger partial charge in [-0.25, -0.2) is 5.01 Å². The molecule has 30 heavy (non-hydrogen) atoms. The lowest BCUT2D eigenvalue weighted by molar-refractivity contribution is -0.130. The zero-order valence-corrected chi connectivity index (χ0v) is 17.7. The van der Waals surface area contributed by atoms with Crippen molar-refractivity contribution < 1.29 is 14.4 Å². The Morgan fingerprint density at radius 1 is 0.900 bits per heavy atom. The molecule has 3 rings (SSSR count). The summed E-state index contributed by atoms with van der Waals surface area (Å²) in [5.41, 5.74) is 2.90. The van der Waals surface area contributed by atoms with Crippen LogP contribution in [0.5, 0.6) is 0 Å². The molecule has 0 radical (unpaired) electrons. The van der Waals surface area contributed by atoms with Gasteiger partial charge < -0.3 is 10.6 Å². The van der Waals surface area contributed by atoms with Gasteiger partial charge in [-0.3, -0.25) is 14.4 Å². The molecular formula is C23H26N4O3. The number of hydrazone groups is 1. The zero-order chi connectivity index (χ0) is 21.9. The number of amides is 3. The number of carbonyl (C=O) groups excluding carboxylic acids is 3. The monoisotopic (exact) mass is 406 g/mol. The summed E-state index contributed by atoms with van der Waals surface area (Å²) in [5, 5.41) is 10.8. The summed E-state index contributed by atoms with van der Waals surface area (Å²) in [6.45, 7) is 6.35. The lowest BCUT2D eigenvalue weighted by atomic mass is 9.87. The third kappa shape index (κ3) is 4.92. The molecule has 2 aromatic rings. The van der Waals surface area contributed by atoms with Crippen LogP contribution in [0.3, 0.4) is 0 Å². The predicted molar refractivity (Wildman–Crippen MR) is 118 cm³/mol. The first kappa shape index (κ1) is 21.2. The van der Waals surface area contributed by atoms with E-state index in [1.807, 2.05) is 12.1 Å². The van der Waals surface area contributed by atoms with Gasteiger partial charge in [-0.15, -0.1) is 0 Å². The average Bonchev–Trinajstić information content (AvgIpc) is 2.71. The van der Waals surface area contributed by atoms with Crippen molar-refractivity contribution in [1.29, 1.82) is 0 Å². The molecule has 0 aliphatic carbocycles. The summed E-state index contributed by atoms with van der Waals surface area (Å²) < 4.78 is 0. The van der Waals surface area contributed by atoms with Crippen LogP contribution in [0.4, 0.5) is 11.4 Å². The molecule has 0 unspecified atom stereocenters. The molecule has 2 N–H and O–H groups in total. The second-order valence-electron chi connectivity index (χ2n) is 8.25. The van der Waals surface area contributed by atoms with Gasteiger partial charge in [-0.1, -0.05) is 45.0 Å². The Morgan fingerprint density at radius 3 is 2.00 bits per heavy atom. The number of benzene rings is 2. The molecule has 0 aromatic heterocycles. The molecule has 3 amide bonds. The third-order valence-electron chi connectivity index (χ3n) is 4.91. The van der Waals surface area contributed by atoms with Crippen molar-refractivity contribution in [2.75, 3.05) is 17.7 Å². The summed E-state index contributed by atoms with van der Waals surface area (Å²) in [4.78, 5) is 36.8. The number of para-hydroxylation sites is 2. The standard InChI is InChI=1S/C23H26N4O3/c1-23(2,3)16-11-9-15(10-12-16)21(29)24-17-7-5-6-8-18(17)25-22(30)19-13-14-20(28)27(4)26-19/h5-12H,13-14H2,1-4H3,(H,24,29)(H,25,30). The van der Waals surface area contributed by atoms with E-state index in [1.165, 1.54) is 12.1 Å². The van der Waals surface area contributed by atoms with Gasteiger partial charge in [0.25, 0.3) is 11.8 Å². The minimum absolute atomic E-state index is 0.00636. The van der Waals surface area contributed by atoms with Gasteiger partial charge >= 0.3 is 0 Å². The number of hydrogen-bond acceptors (Lipinski definition) is 4. The maximum atomic E-state index is 12.7. The van der Waals surface area contributed by atoms with Gasteiger partial charge in [-0.2, -0.15) is 5.10 Å². The number of nitrogens with one attached hydrogen (secondary N) is 2. The summed E-state index contributed by atoms with van der Waals surface area (Å²) in [5.74, 6) is -0.792. The molecule has 1 aliphatic heterocycles. The van der Waals surface area contributed by atoms with E-state index in [-0.39, 0.29) is 35.8 Å². The highest BCUT2D eigenvalue weighted by Crippen LogP contribution is 2.24. The topological polar surface area (TPSA) is 90.9 Å². The third-order valence-corrected chi connectivity index (χ3v) is 4.91. The van der Waals surface area contributed by atoms with Crippen LogP contribution in [0.15, 0.2) is 53.6 Å². The average molecular weight is 406 g/mol. The lowest BCUT2D eigenvalue weighted by Crippen LogP contribution is -2.34. The number of carbonyl (C=O) groups is 3. The minimum atomic E-state index is -0.398. The fraction of sp³-hybridized carbons (Fsp3) is 0.304. The highest BCUT2D eigenvalue weighted by atomic mass is 16.2. The highest BCUT2D eigenvalue weighted by Gasteiger charge is 2.23.